The highest BCUT2D eigenvalue weighted by atomic mass is 35.5. The number of benzene rings is 2. The van der Waals surface area contributed by atoms with E-state index in [1.807, 2.05) is 30.3 Å². The molecule has 0 aliphatic heterocycles. The Bertz CT molecular complexity index is 812. The molecule has 0 heterocycles. The molecule has 2 N–H and O–H groups in total. The maximum Gasteiger partial charge on any atom is 0.251 e. The van der Waals surface area contributed by atoms with E-state index in [9.17, 15) is 4.79 Å². The molecule has 182 valence electrons. The first-order valence-corrected chi connectivity index (χ1v) is 13.0. The Hall–Kier alpha value is -1.59. The third kappa shape index (κ3) is 11.9. The van der Waals surface area contributed by atoms with E-state index >= 15 is 0 Å². The van der Waals surface area contributed by atoms with Crippen LogP contribution in [0.5, 0.6) is 0 Å². The van der Waals surface area contributed by atoms with Gasteiger partial charge in [0.1, 0.15) is 0 Å². The molecule has 0 saturated carbocycles. The first-order valence-electron chi connectivity index (χ1n) is 12.3. The van der Waals surface area contributed by atoms with Crippen molar-refractivity contribution in [3.8, 4) is 0 Å². The molecule has 0 saturated heterocycles. The van der Waals surface area contributed by atoms with Gasteiger partial charge in [-0.15, -0.1) is 0 Å². The summed E-state index contributed by atoms with van der Waals surface area (Å²) in [6.07, 6.45) is 13.0. The summed E-state index contributed by atoms with van der Waals surface area (Å²) in [5.41, 5.74) is 5.59. The Morgan fingerprint density at radius 2 is 1.39 bits per heavy atom. The number of hydrogen-bond donors (Lipinski definition) is 2. The fraction of sp³-hybridized carbons (Fsp3) is 0.519. The molecular formula is C27H38Cl2N2O2. The van der Waals surface area contributed by atoms with Crippen LogP contribution in [0.25, 0.3) is 0 Å². The summed E-state index contributed by atoms with van der Waals surface area (Å²) in [7, 11) is 0. The lowest BCUT2D eigenvalue weighted by molar-refractivity contribution is 0.0235. The van der Waals surface area contributed by atoms with Crippen molar-refractivity contribution in [1.82, 2.24) is 10.8 Å². The minimum absolute atomic E-state index is 0.0127. The molecule has 4 nitrogen and oxygen atoms in total. The molecular weight excluding hydrogens is 455 g/mol. The summed E-state index contributed by atoms with van der Waals surface area (Å²) in [4.78, 5) is 17.8. The largest absolute Gasteiger partial charge is 0.352 e. The number of hydrogen-bond acceptors (Lipinski definition) is 3. The van der Waals surface area contributed by atoms with E-state index in [0.717, 1.165) is 24.1 Å². The molecule has 6 heteroatoms. The summed E-state index contributed by atoms with van der Waals surface area (Å²) in [6, 6.07) is 13.0. The molecule has 0 aliphatic rings. The highest BCUT2D eigenvalue weighted by Crippen LogP contribution is 2.22. The zero-order valence-corrected chi connectivity index (χ0v) is 21.3. The summed E-state index contributed by atoms with van der Waals surface area (Å²) in [5, 5.41) is 4.07. The van der Waals surface area contributed by atoms with Crippen LogP contribution in [0.15, 0.2) is 42.5 Å². The number of unbranched alkanes of at least 4 members (excludes halogenated alkanes) is 9. The molecule has 1 amide bonds. The number of hydroxylamine groups is 1. The predicted octanol–water partition coefficient (Wildman–Crippen LogP) is 7.87. The van der Waals surface area contributed by atoms with Gasteiger partial charge in [0.15, 0.2) is 0 Å². The average Bonchev–Trinajstić information content (AvgIpc) is 2.82. The van der Waals surface area contributed by atoms with Crippen LogP contribution in [0, 0.1) is 0 Å². The van der Waals surface area contributed by atoms with Crippen molar-refractivity contribution in [1.29, 1.82) is 0 Å². The van der Waals surface area contributed by atoms with Crippen molar-refractivity contribution in [2.45, 2.75) is 84.3 Å². The fourth-order valence-corrected chi connectivity index (χ4v) is 3.91. The minimum atomic E-state index is -0.0127. The number of carbonyl (C=O) groups is 1. The molecule has 0 atom stereocenters. The smallest absolute Gasteiger partial charge is 0.251 e. The van der Waals surface area contributed by atoms with E-state index in [4.69, 9.17) is 28.0 Å². The number of carbonyl (C=O) groups excluding carboxylic acids is 1. The zero-order chi connectivity index (χ0) is 23.7. The topological polar surface area (TPSA) is 50.4 Å². The molecule has 2 rings (SSSR count). The van der Waals surface area contributed by atoms with E-state index in [0.29, 0.717) is 28.8 Å². The maximum absolute atomic E-state index is 12.3. The second kappa shape index (κ2) is 16.9. The van der Waals surface area contributed by atoms with E-state index in [-0.39, 0.29) is 5.91 Å². The molecule has 2 aromatic carbocycles. The van der Waals surface area contributed by atoms with Crippen molar-refractivity contribution in [3.05, 3.63) is 69.2 Å². The standard InChI is InChI=1S/C27H38Cl2N2O2/c1-2-3-4-5-6-7-8-9-10-11-18-30-27(32)24-15-12-22(13-16-24)20-31-33-21-23-14-17-25(28)26(29)19-23/h12-17,19,31H,2-11,18,20-21H2,1H3,(H,30,32). The Morgan fingerprint density at radius 3 is 2.03 bits per heavy atom. The van der Waals surface area contributed by atoms with Gasteiger partial charge in [0.25, 0.3) is 5.91 Å². The van der Waals surface area contributed by atoms with Crippen molar-refractivity contribution in [2.24, 2.45) is 0 Å². The zero-order valence-electron chi connectivity index (χ0n) is 19.8. The van der Waals surface area contributed by atoms with Crippen LogP contribution in [-0.2, 0) is 18.0 Å². The number of rotatable bonds is 17. The number of amides is 1. The lowest BCUT2D eigenvalue weighted by atomic mass is 10.1. The molecule has 33 heavy (non-hydrogen) atoms. The van der Waals surface area contributed by atoms with Crippen LogP contribution in [-0.4, -0.2) is 12.5 Å². The van der Waals surface area contributed by atoms with Gasteiger partial charge in [0.05, 0.1) is 16.7 Å². The van der Waals surface area contributed by atoms with Gasteiger partial charge >= 0.3 is 0 Å². The predicted molar refractivity (Wildman–Crippen MR) is 139 cm³/mol. The summed E-state index contributed by atoms with van der Waals surface area (Å²) in [5.74, 6) is -0.0127. The molecule has 0 spiro atoms. The van der Waals surface area contributed by atoms with Crippen molar-refractivity contribution < 1.29 is 9.63 Å². The van der Waals surface area contributed by atoms with E-state index < -0.39 is 0 Å². The fourth-order valence-electron chi connectivity index (χ4n) is 3.59. The molecule has 0 aliphatic carbocycles. The molecule has 0 unspecified atom stereocenters. The quantitative estimate of drug-likeness (QED) is 0.174. The van der Waals surface area contributed by atoms with Gasteiger partial charge in [-0.3, -0.25) is 9.63 Å². The molecule has 2 aromatic rings. The van der Waals surface area contributed by atoms with Gasteiger partial charge in [-0.1, -0.05) is 106 Å². The number of nitrogens with one attached hydrogen (secondary N) is 2. The van der Waals surface area contributed by atoms with Gasteiger partial charge in [0.2, 0.25) is 0 Å². The van der Waals surface area contributed by atoms with Crippen molar-refractivity contribution >= 4 is 29.1 Å². The normalized spacial score (nSPS) is 11.0. The third-order valence-electron chi connectivity index (χ3n) is 5.63. The monoisotopic (exact) mass is 492 g/mol. The van der Waals surface area contributed by atoms with Crippen LogP contribution < -0.4 is 10.8 Å². The molecule has 0 fully saturated rings. The van der Waals surface area contributed by atoms with Gasteiger partial charge in [-0.05, 0) is 41.8 Å². The Kier molecular flexibility index (Phi) is 14.2. The van der Waals surface area contributed by atoms with Gasteiger partial charge in [-0.2, -0.15) is 5.48 Å². The van der Waals surface area contributed by atoms with Crippen molar-refractivity contribution in [3.63, 3.8) is 0 Å². The van der Waals surface area contributed by atoms with Gasteiger partial charge < -0.3 is 5.32 Å². The first kappa shape index (κ1) is 27.7. The lowest BCUT2D eigenvalue weighted by Gasteiger charge is -2.08. The average molecular weight is 494 g/mol. The minimum Gasteiger partial charge on any atom is -0.352 e. The van der Waals surface area contributed by atoms with Crippen LogP contribution in [0.2, 0.25) is 10.0 Å². The second-order valence-electron chi connectivity index (χ2n) is 8.49. The van der Waals surface area contributed by atoms with Crippen LogP contribution in [0.4, 0.5) is 0 Å². The van der Waals surface area contributed by atoms with E-state index in [1.165, 1.54) is 57.8 Å². The van der Waals surface area contributed by atoms with Crippen molar-refractivity contribution in [2.75, 3.05) is 6.54 Å². The molecule has 0 bridgehead atoms. The Labute approximate surface area is 209 Å². The molecule has 0 radical (unpaired) electrons. The first-order chi connectivity index (χ1) is 16.1. The summed E-state index contributed by atoms with van der Waals surface area (Å²) in [6.45, 7) is 3.92. The summed E-state index contributed by atoms with van der Waals surface area (Å²) < 4.78 is 0. The summed E-state index contributed by atoms with van der Waals surface area (Å²) >= 11 is 11.9. The van der Waals surface area contributed by atoms with Crippen LogP contribution in [0.3, 0.4) is 0 Å². The highest BCUT2D eigenvalue weighted by Gasteiger charge is 2.05. The number of halogens is 2. The van der Waals surface area contributed by atoms with E-state index in [1.54, 1.807) is 12.1 Å². The Morgan fingerprint density at radius 1 is 0.788 bits per heavy atom. The highest BCUT2D eigenvalue weighted by molar-refractivity contribution is 6.42. The van der Waals surface area contributed by atoms with Gasteiger partial charge in [0, 0.05) is 18.7 Å². The third-order valence-corrected chi connectivity index (χ3v) is 6.37. The van der Waals surface area contributed by atoms with Crippen LogP contribution >= 0.6 is 23.2 Å². The van der Waals surface area contributed by atoms with Crippen LogP contribution in [0.1, 0.15) is 92.6 Å². The Balaban J connectivity index is 1.53. The van der Waals surface area contributed by atoms with E-state index in [2.05, 4.69) is 17.7 Å². The SMILES string of the molecule is CCCCCCCCCCCCNC(=O)c1ccc(CNOCc2ccc(Cl)c(Cl)c2)cc1. The van der Waals surface area contributed by atoms with Gasteiger partial charge in [-0.25, -0.2) is 0 Å². The molecule has 0 aromatic heterocycles. The second-order valence-corrected chi connectivity index (χ2v) is 9.31. The maximum atomic E-state index is 12.3. The lowest BCUT2D eigenvalue weighted by Crippen LogP contribution is -2.24.